The maximum atomic E-state index is 13.1. The Morgan fingerprint density at radius 1 is 1.12 bits per heavy atom. The molecule has 0 atom stereocenters. The van der Waals surface area contributed by atoms with Gasteiger partial charge in [0.1, 0.15) is 6.61 Å². The fraction of sp³-hybridized carbons (Fsp3) is 0.120. The first-order chi connectivity index (χ1) is 15.5. The molecule has 2 N–H and O–H groups in total. The molecule has 7 heteroatoms. The van der Waals surface area contributed by atoms with Gasteiger partial charge in [0.05, 0.1) is 18.3 Å². The summed E-state index contributed by atoms with van der Waals surface area (Å²) in [5.74, 6) is 0.102. The normalized spacial score (nSPS) is 11.2. The second-order valence-electron chi connectivity index (χ2n) is 6.78. The summed E-state index contributed by atoms with van der Waals surface area (Å²) < 4.78 is 10.9. The number of halogens is 1. The van der Waals surface area contributed by atoms with E-state index < -0.39 is 11.5 Å². The number of aliphatic hydroxyl groups is 1. The largest absolute Gasteiger partial charge is 0.493 e. The summed E-state index contributed by atoms with van der Waals surface area (Å²) in [5.41, 5.74) is 1.92. The van der Waals surface area contributed by atoms with E-state index in [4.69, 9.17) is 21.1 Å². The Bertz CT molecular complexity index is 1060. The first-order valence-electron chi connectivity index (χ1n) is 9.78. The molecule has 0 heterocycles. The number of amides is 1. The molecular weight excluding hydrogens is 428 g/mol. The average molecular weight is 451 g/mol. The number of hydrazone groups is 1. The zero-order valence-corrected chi connectivity index (χ0v) is 18.3. The lowest BCUT2D eigenvalue weighted by atomic mass is 9.85. The average Bonchev–Trinajstić information content (AvgIpc) is 2.83. The van der Waals surface area contributed by atoms with Gasteiger partial charge in [-0.15, -0.1) is 0 Å². The monoisotopic (exact) mass is 450 g/mol. The van der Waals surface area contributed by atoms with Crippen molar-refractivity contribution in [2.75, 3.05) is 13.7 Å². The standard InChI is InChI=1S/C25H23ClN2O4/c1-3-14-32-23-21(26)15-18(16-22(23)31-2)17-27-28-24(29)25(30,19-10-6-4-7-11-19)20-12-8-5-9-13-20/h3-13,15-17,30H,1,14H2,2H3,(H,28,29)/b27-17+. The Balaban J connectivity index is 1.85. The van der Waals surface area contributed by atoms with E-state index in [0.717, 1.165) is 0 Å². The highest BCUT2D eigenvalue weighted by Gasteiger charge is 2.39. The van der Waals surface area contributed by atoms with Gasteiger partial charge in [0.2, 0.25) is 0 Å². The molecule has 164 valence electrons. The number of carbonyl (C=O) groups excluding carboxylic acids is 1. The predicted octanol–water partition coefficient (Wildman–Crippen LogP) is 4.30. The molecule has 32 heavy (non-hydrogen) atoms. The number of nitrogens with one attached hydrogen (secondary N) is 1. The lowest BCUT2D eigenvalue weighted by Gasteiger charge is -2.27. The third kappa shape index (κ3) is 4.99. The Labute approximate surface area is 191 Å². The van der Waals surface area contributed by atoms with Crippen molar-refractivity contribution in [2.24, 2.45) is 5.10 Å². The Morgan fingerprint density at radius 3 is 2.25 bits per heavy atom. The van der Waals surface area contributed by atoms with Crippen LogP contribution in [0.3, 0.4) is 0 Å². The number of nitrogens with zero attached hydrogens (tertiary/aromatic N) is 1. The molecule has 1 amide bonds. The SMILES string of the molecule is C=CCOc1c(Cl)cc(/C=N/NC(=O)C(O)(c2ccccc2)c2ccccc2)cc1OC. The third-order valence-electron chi connectivity index (χ3n) is 4.69. The van der Waals surface area contributed by atoms with Crippen LogP contribution in [-0.2, 0) is 10.4 Å². The van der Waals surface area contributed by atoms with E-state index in [1.807, 2.05) is 12.1 Å². The van der Waals surface area contributed by atoms with Gasteiger partial charge >= 0.3 is 0 Å². The molecule has 3 aromatic carbocycles. The van der Waals surface area contributed by atoms with Crippen LogP contribution in [0.15, 0.2) is 90.6 Å². The first-order valence-corrected chi connectivity index (χ1v) is 10.2. The molecule has 3 aromatic rings. The second kappa shape index (κ2) is 10.6. The van der Waals surface area contributed by atoms with Crippen LogP contribution in [0.5, 0.6) is 11.5 Å². The van der Waals surface area contributed by atoms with Crippen LogP contribution >= 0.6 is 11.6 Å². The number of ether oxygens (including phenoxy) is 2. The van der Waals surface area contributed by atoms with Crippen LogP contribution in [0.25, 0.3) is 0 Å². The minimum Gasteiger partial charge on any atom is -0.493 e. The molecule has 0 aliphatic carbocycles. The summed E-state index contributed by atoms with van der Waals surface area (Å²) in [6.45, 7) is 3.88. The van der Waals surface area contributed by atoms with Crippen molar-refractivity contribution in [3.05, 3.63) is 107 Å². The smallest absolute Gasteiger partial charge is 0.281 e. The van der Waals surface area contributed by atoms with Crippen LogP contribution in [0, 0.1) is 0 Å². The van der Waals surface area contributed by atoms with Crippen molar-refractivity contribution in [3.8, 4) is 11.5 Å². The lowest BCUT2D eigenvalue weighted by Crippen LogP contribution is -2.43. The second-order valence-corrected chi connectivity index (χ2v) is 7.18. The molecule has 0 saturated heterocycles. The quantitative estimate of drug-likeness (QED) is 0.289. The van der Waals surface area contributed by atoms with E-state index in [2.05, 4.69) is 17.1 Å². The zero-order chi connectivity index (χ0) is 23.0. The van der Waals surface area contributed by atoms with Crippen molar-refractivity contribution in [1.29, 1.82) is 0 Å². The molecule has 0 radical (unpaired) electrons. The Morgan fingerprint density at radius 2 is 1.72 bits per heavy atom. The topological polar surface area (TPSA) is 80.2 Å². The molecule has 0 aromatic heterocycles. The minimum atomic E-state index is -1.92. The van der Waals surface area contributed by atoms with Crippen LogP contribution in [-0.4, -0.2) is 30.9 Å². The van der Waals surface area contributed by atoms with Crippen LogP contribution in [0.1, 0.15) is 16.7 Å². The van der Waals surface area contributed by atoms with Crippen molar-refractivity contribution in [2.45, 2.75) is 5.60 Å². The molecular formula is C25H23ClN2O4. The molecule has 0 aliphatic rings. The third-order valence-corrected chi connectivity index (χ3v) is 4.97. The van der Waals surface area contributed by atoms with Gasteiger partial charge in [-0.25, -0.2) is 5.43 Å². The lowest BCUT2D eigenvalue weighted by molar-refractivity contribution is -0.136. The van der Waals surface area contributed by atoms with Gasteiger partial charge < -0.3 is 14.6 Å². The number of benzene rings is 3. The fourth-order valence-electron chi connectivity index (χ4n) is 3.13. The van der Waals surface area contributed by atoms with Gasteiger partial charge in [0.15, 0.2) is 17.1 Å². The molecule has 0 bridgehead atoms. The summed E-state index contributed by atoms with van der Waals surface area (Å²) in [4.78, 5) is 13.1. The Hall–Kier alpha value is -3.61. The van der Waals surface area contributed by atoms with Gasteiger partial charge in [-0.05, 0) is 28.8 Å². The predicted molar refractivity (Wildman–Crippen MR) is 125 cm³/mol. The van der Waals surface area contributed by atoms with Crippen LogP contribution < -0.4 is 14.9 Å². The number of carbonyl (C=O) groups is 1. The van der Waals surface area contributed by atoms with Crippen molar-refractivity contribution in [3.63, 3.8) is 0 Å². The zero-order valence-electron chi connectivity index (χ0n) is 17.5. The van der Waals surface area contributed by atoms with E-state index in [0.29, 0.717) is 33.2 Å². The van der Waals surface area contributed by atoms with Crippen molar-refractivity contribution >= 4 is 23.7 Å². The van der Waals surface area contributed by atoms with Gasteiger partial charge in [0, 0.05) is 0 Å². The van der Waals surface area contributed by atoms with E-state index in [1.54, 1.807) is 66.7 Å². The highest BCUT2D eigenvalue weighted by molar-refractivity contribution is 6.32. The molecule has 3 rings (SSSR count). The molecule has 0 saturated carbocycles. The van der Waals surface area contributed by atoms with E-state index in [9.17, 15) is 9.90 Å². The molecule has 6 nitrogen and oxygen atoms in total. The fourth-order valence-corrected chi connectivity index (χ4v) is 3.40. The summed E-state index contributed by atoms with van der Waals surface area (Å²) in [7, 11) is 1.50. The highest BCUT2D eigenvalue weighted by Crippen LogP contribution is 2.36. The molecule has 0 spiro atoms. The van der Waals surface area contributed by atoms with Gasteiger partial charge in [-0.1, -0.05) is 84.9 Å². The van der Waals surface area contributed by atoms with Gasteiger partial charge in [0.25, 0.3) is 5.91 Å². The molecule has 0 fully saturated rings. The number of hydrogen-bond donors (Lipinski definition) is 2. The number of rotatable bonds is 9. The maximum Gasteiger partial charge on any atom is 0.281 e. The molecule has 0 aliphatic heterocycles. The van der Waals surface area contributed by atoms with Crippen molar-refractivity contribution < 1.29 is 19.4 Å². The Kier molecular flexibility index (Phi) is 7.65. The summed E-state index contributed by atoms with van der Waals surface area (Å²) >= 11 is 6.29. The van der Waals surface area contributed by atoms with E-state index in [-0.39, 0.29) is 6.61 Å². The van der Waals surface area contributed by atoms with E-state index in [1.165, 1.54) is 13.3 Å². The summed E-state index contributed by atoms with van der Waals surface area (Å²) in [6, 6.07) is 20.7. The van der Waals surface area contributed by atoms with Gasteiger partial charge in [-0.3, -0.25) is 4.79 Å². The summed E-state index contributed by atoms with van der Waals surface area (Å²) in [5, 5.41) is 15.7. The van der Waals surface area contributed by atoms with Gasteiger partial charge in [-0.2, -0.15) is 5.10 Å². The van der Waals surface area contributed by atoms with E-state index >= 15 is 0 Å². The maximum absolute atomic E-state index is 13.1. The highest BCUT2D eigenvalue weighted by atomic mass is 35.5. The number of methoxy groups -OCH3 is 1. The minimum absolute atomic E-state index is 0.275. The first kappa shape index (κ1) is 23.1. The summed E-state index contributed by atoms with van der Waals surface area (Å²) in [6.07, 6.45) is 3.00. The van der Waals surface area contributed by atoms with Crippen LogP contribution in [0.2, 0.25) is 5.02 Å². The molecule has 0 unspecified atom stereocenters. The number of hydrogen-bond acceptors (Lipinski definition) is 5. The van der Waals surface area contributed by atoms with Crippen molar-refractivity contribution in [1.82, 2.24) is 5.43 Å². The van der Waals surface area contributed by atoms with Crippen LogP contribution in [0.4, 0.5) is 0 Å².